The molecular formula is C10H9NO. The van der Waals surface area contributed by atoms with E-state index in [1.54, 1.807) is 0 Å². The van der Waals surface area contributed by atoms with Gasteiger partial charge in [0.2, 0.25) is 5.91 Å². The molecule has 1 N–H and O–H groups in total. The number of hydrogen-bond donors (Lipinski definition) is 1. The SMILES string of the molecule is O=C1N[C@@H]2c3ccccc3C[C@H]12. The maximum atomic E-state index is 11.1. The predicted octanol–water partition coefficient (Wildman–Crippen LogP) is 1.03. The first kappa shape index (κ1) is 6.23. The molecule has 0 saturated carbocycles. The van der Waals surface area contributed by atoms with Crippen molar-refractivity contribution >= 4 is 5.91 Å². The molecule has 2 heteroatoms. The molecule has 1 amide bonds. The molecule has 1 aromatic rings. The van der Waals surface area contributed by atoms with Crippen LogP contribution in [0.4, 0.5) is 0 Å². The molecule has 0 spiro atoms. The van der Waals surface area contributed by atoms with E-state index in [1.165, 1.54) is 11.1 Å². The third-order valence-electron chi connectivity index (χ3n) is 2.87. The quantitative estimate of drug-likeness (QED) is 0.563. The number of fused-ring (bicyclic) bond motifs is 3. The normalized spacial score (nSPS) is 30.2. The fourth-order valence-electron chi connectivity index (χ4n) is 2.18. The van der Waals surface area contributed by atoms with E-state index in [0.717, 1.165) is 6.42 Å². The Hall–Kier alpha value is -1.31. The van der Waals surface area contributed by atoms with Crippen LogP contribution in [0.15, 0.2) is 24.3 Å². The minimum atomic E-state index is 0.219. The van der Waals surface area contributed by atoms with Crippen LogP contribution in [-0.2, 0) is 11.2 Å². The first-order valence-corrected chi connectivity index (χ1v) is 4.24. The minimum absolute atomic E-state index is 0.219. The lowest BCUT2D eigenvalue weighted by atomic mass is 9.92. The second-order valence-electron chi connectivity index (χ2n) is 3.50. The van der Waals surface area contributed by atoms with Crippen molar-refractivity contribution in [2.75, 3.05) is 0 Å². The summed E-state index contributed by atoms with van der Waals surface area (Å²) in [5.41, 5.74) is 2.66. The van der Waals surface area contributed by atoms with Gasteiger partial charge in [0.1, 0.15) is 0 Å². The number of rotatable bonds is 0. The molecule has 1 aromatic carbocycles. The lowest BCUT2D eigenvalue weighted by molar-refractivity contribution is -0.134. The maximum Gasteiger partial charge on any atom is 0.226 e. The van der Waals surface area contributed by atoms with Gasteiger partial charge in [0.15, 0.2) is 0 Å². The van der Waals surface area contributed by atoms with E-state index in [-0.39, 0.29) is 11.8 Å². The molecule has 0 aromatic heterocycles. The summed E-state index contributed by atoms with van der Waals surface area (Å²) in [6.45, 7) is 0. The van der Waals surface area contributed by atoms with Crippen molar-refractivity contribution in [3.63, 3.8) is 0 Å². The molecular weight excluding hydrogens is 150 g/mol. The Balaban J connectivity index is 2.10. The van der Waals surface area contributed by atoms with E-state index < -0.39 is 0 Å². The van der Waals surface area contributed by atoms with E-state index in [0.29, 0.717) is 6.04 Å². The van der Waals surface area contributed by atoms with E-state index in [2.05, 4.69) is 17.4 Å². The molecule has 60 valence electrons. The van der Waals surface area contributed by atoms with Gasteiger partial charge in [-0.25, -0.2) is 0 Å². The largest absolute Gasteiger partial charge is 0.348 e. The molecule has 0 unspecified atom stereocenters. The van der Waals surface area contributed by atoms with E-state index in [9.17, 15) is 4.79 Å². The van der Waals surface area contributed by atoms with Gasteiger partial charge in [0.05, 0.1) is 12.0 Å². The second-order valence-corrected chi connectivity index (χ2v) is 3.50. The van der Waals surface area contributed by atoms with Crippen LogP contribution in [0.3, 0.4) is 0 Å². The molecule has 1 aliphatic carbocycles. The minimum Gasteiger partial charge on any atom is -0.348 e. The summed E-state index contributed by atoms with van der Waals surface area (Å²) < 4.78 is 0. The van der Waals surface area contributed by atoms with Crippen LogP contribution in [0.2, 0.25) is 0 Å². The molecule has 0 bridgehead atoms. The highest BCUT2D eigenvalue weighted by molar-refractivity contribution is 5.88. The van der Waals surface area contributed by atoms with Crippen LogP contribution in [0.25, 0.3) is 0 Å². The topological polar surface area (TPSA) is 29.1 Å². The Kier molecular flexibility index (Phi) is 0.980. The van der Waals surface area contributed by atoms with Gasteiger partial charge in [-0.05, 0) is 17.5 Å². The van der Waals surface area contributed by atoms with Gasteiger partial charge in [-0.15, -0.1) is 0 Å². The number of β-lactam (4-membered cyclic amide) rings is 1. The van der Waals surface area contributed by atoms with E-state index in [1.807, 2.05) is 12.1 Å². The molecule has 2 aliphatic rings. The van der Waals surface area contributed by atoms with Crippen LogP contribution in [0.5, 0.6) is 0 Å². The summed E-state index contributed by atoms with van der Waals surface area (Å²) in [5.74, 6) is 0.457. The Morgan fingerprint density at radius 1 is 1.33 bits per heavy atom. The van der Waals surface area contributed by atoms with Gasteiger partial charge in [-0.1, -0.05) is 24.3 Å². The number of amides is 1. The van der Waals surface area contributed by atoms with Crippen LogP contribution in [0, 0.1) is 5.92 Å². The number of benzene rings is 1. The molecule has 1 fully saturated rings. The van der Waals surface area contributed by atoms with Crippen molar-refractivity contribution in [2.45, 2.75) is 12.5 Å². The van der Waals surface area contributed by atoms with Crippen molar-refractivity contribution in [2.24, 2.45) is 5.92 Å². The van der Waals surface area contributed by atoms with Gasteiger partial charge in [0, 0.05) is 0 Å². The summed E-state index contributed by atoms with van der Waals surface area (Å²) in [6.07, 6.45) is 0.937. The van der Waals surface area contributed by atoms with Crippen molar-refractivity contribution in [1.29, 1.82) is 0 Å². The average molecular weight is 159 g/mol. The molecule has 1 heterocycles. The molecule has 2 nitrogen and oxygen atoms in total. The lowest BCUT2D eigenvalue weighted by Crippen LogP contribution is -2.49. The van der Waals surface area contributed by atoms with Crippen molar-refractivity contribution < 1.29 is 4.79 Å². The third-order valence-corrected chi connectivity index (χ3v) is 2.87. The van der Waals surface area contributed by atoms with Crippen molar-refractivity contribution in [3.05, 3.63) is 35.4 Å². The Labute approximate surface area is 70.6 Å². The monoisotopic (exact) mass is 159 g/mol. The van der Waals surface area contributed by atoms with Gasteiger partial charge in [-0.3, -0.25) is 4.79 Å². The summed E-state index contributed by atoms with van der Waals surface area (Å²) in [6, 6.07) is 8.62. The first-order valence-electron chi connectivity index (χ1n) is 4.24. The zero-order chi connectivity index (χ0) is 8.13. The zero-order valence-corrected chi connectivity index (χ0v) is 6.58. The number of carbonyl (C=O) groups excluding carboxylic acids is 1. The third kappa shape index (κ3) is 0.583. The Bertz CT molecular complexity index is 359. The first-order chi connectivity index (χ1) is 5.86. The molecule has 2 atom stereocenters. The zero-order valence-electron chi connectivity index (χ0n) is 6.58. The van der Waals surface area contributed by atoms with Crippen LogP contribution in [-0.4, -0.2) is 5.91 Å². The average Bonchev–Trinajstić information content (AvgIpc) is 2.39. The predicted molar refractivity (Wildman–Crippen MR) is 44.5 cm³/mol. The maximum absolute atomic E-state index is 11.1. The van der Waals surface area contributed by atoms with Crippen LogP contribution in [0.1, 0.15) is 17.2 Å². The van der Waals surface area contributed by atoms with Gasteiger partial charge in [-0.2, -0.15) is 0 Å². The van der Waals surface area contributed by atoms with E-state index in [4.69, 9.17) is 0 Å². The van der Waals surface area contributed by atoms with Gasteiger partial charge in [0.25, 0.3) is 0 Å². The smallest absolute Gasteiger partial charge is 0.226 e. The van der Waals surface area contributed by atoms with Crippen molar-refractivity contribution in [1.82, 2.24) is 5.32 Å². The summed E-state index contributed by atoms with van der Waals surface area (Å²) in [7, 11) is 0. The summed E-state index contributed by atoms with van der Waals surface area (Å²) in [5, 5.41) is 2.92. The van der Waals surface area contributed by atoms with Crippen LogP contribution >= 0.6 is 0 Å². The lowest BCUT2D eigenvalue weighted by Gasteiger charge is -2.31. The fourth-order valence-corrected chi connectivity index (χ4v) is 2.18. The highest BCUT2D eigenvalue weighted by Gasteiger charge is 2.45. The molecule has 12 heavy (non-hydrogen) atoms. The van der Waals surface area contributed by atoms with Crippen LogP contribution < -0.4 is 5.32 Å². The molecule has 1 saturated heterocycles. The van der Waals surface area contributed by atoms with Gasteiger partial charge >= 0.3 is 0 Å². The highest BCUT2D eigenvalue weighted by atomic mass is 16.2. The van der Waals surface area contributed by atoms with Crippen molar-refractivity contribution in [3.8, 4) is 0 Å². The number of carbonyl (C=O) groups is 1. The van der Waals surface area contributed by atoms with Gasteiger partial charge < -0.3 is 5.32 Å². The highest BCUT2D eigenvalue weighted by Crippen LogP contribution is 2.41. The standard InChI is InChI=1S/C10H9NO/c12-10-8-5-6-3-1-2-4-7(6)9(8)11-10/h1-4,8-9H,5H2,(H,11,12)/t8-,9+/m0/s1. The summed E-state index contributed by atoms with van der Waals surface area (Å²) in [4.78, 5) is 11.1. The summed E-state index contributed by atoms with van der Waals surface area (Å²) >= 11 is 0. The molecule has 0 radical (unpaired) electrons. The Morgan fingerprint density at radius 2 is 2.17 bits per heavy atom. The second kappa shape index (κ2) is 1.89. The fraction of sp³-hybridized carbons (Fsp3) is 0.300. The Morgan fingerprint density at radius 3 is 3.00 bits per heavy atom. The number of hydrogen-bond acceptors (Lipinski definition) is 1. The molecule has 3 rings (SSSR count). The number of nitrogens with one attached hydrogen (secondary N) is 1. The van der Waals surface area contributed by atoms with E-state index >= 15 is 0 Å². The molecule has 1 aliphatic heterocycles.